The number of nitrogens with one attached hydrogen (secondary N) is 1. The number of carbonyl (C=O) groups is 3. The Morgan fingerprint density at radius 1 is 0.867 bits per heavy atom. The lowest BCUT2D eigenvalue weighted by atomic mass is 10.0. The number of anilines is 1. The molecule has 0 aliphatic carbocycles. The molecule has 0 aliphatic rings. The molecule has 1 atom stereocenters. The maximum absolute atomic E-state index is 13.0. The van der Waals surface area contributed by atoms with Crippen LogP contribution >= 0.6 is 0 Å². The maximum Gasteiger partial charge on any atom is 0.265 e. The van der Waals surface area contributed by atoms with Gasteiger partial charge in [0.15, 0.2) is 17.7 Å². The first-order chi connectivity index (χ1) is 14.3. The fourth-order valence-corrected chi connectivity index (χ4v) is 2.77. The predicted octanol–water partition coefficient (Wildman–Crippen LogP) is 4.67. The number of ether oxygens (including phenoxy) is 1. The zero-order valence-corrected chi connectivity index (χ0v) is 16.5. The molecular formula is C24H20FNO4. The van der Waals surface area contributed by atoms with Gasteiger partial charge in [0.05, 0.1) is 0 Å². The third kappa shape index (κ3) is 5.17. The molecule has 0 radical (unpaired) electrons. The first-order valence-electron chi connectivity index (χ1n) is 9.32. The molecule has 3 rings (SSSR count). The van der Waals surface area contributed by atoms with Crippen molar-refractivity contribution in [2.24, 2.45) is 0 Å². The fraction of sp³-hybridized carbons (Fsp3) is 0.125. The highest BCUT2D eigenvalue weighted by molar-refractivity contribution is 6.09. The van der Waals surface area contributed by atoms with Crippen LogP contribution in [0.25, 0.3) is 0 Å². The van der Waals surface area contributed by atoms with Gasteiger partial charge in [-0.1, -0.05) is 12.1 Å². The van der Waals surface area contributed by atoms with Crippen molar-refractivity contribution in [3.63, 3.8) is 0 Å². The van der Waals surface area contributed by atoms with Crippen molar-refractivity contribution >= 4 is 23.2 Å². The minimum Gasteiger partial charge on any atom is -0.481 e. The van der Waals surface area contributed by atoms with Crippen LogP contribution in [0.1, 0.15) is 40.1 Å². The van der Waals surface area contributed by atoms with Crippen LogP contribution in [0, 0.1) is 5.82 Å². The van der Waals surface area contributed by atoms with Crippen LogP contribution in [-0.2, 0) is 4.79 Å². The van der Waals surface area contributed by atoms with Crippen molar-refractivity contribution in [2.75, 3.05) is 5.32 Å². The van der Waals surface area contributed by atoms with Crippen molar-refractivity contribution in [2.45, 2.75) is 20.0 Å². The fourth-order valence-electron chi connectivity index (χ4n) is 2.77. The quantitative estimate of drug-likeness (QED) is 0.580. The van der Waals surface area contributed by atoms with E-state index < -0.39 is 11.9 Å². The summed E-state index contributed by atoms with van der Waals surface area (Å²) in [5, 5.41) is 2.71. The van der Waals surface area contributed by atoms with E-state index in [1.165, 1.54) is 31.2 Å². The van der Waals surface area contributed by atoms with Crippen LogP contribution in [0.4, 0.5) is 10.1 Å². The average molecular weight is 405 g/mol. The van der Waals surface area contributed by atoms with Crippen molar-refractivity contribution in [1.29, 1.82) is 0 Å². The second-order valence-electron chi connectivity index (χ2n) is 6.75. The molecule has 3 aromatic rings. The SMILES string of the molecule is CC(=O)c1cccc(NC(=O)[C@@H](C)Oc2ccc(C(=O)c3ccc(F)cc3)cc2)c1. The molecule has 0 unspecified atom stereocenters. The van der Waals surface area contributed by atoms with Crippen molar-refractivity contribution in [3.05, 3.63) is 95.3 Å². The van der Waals surface area contributed by atoms with Gasteiger partial charge in [0.2, 0.25) is 0 Å². The third-order valence-corrected chi connectivity index (χ3v) is 4.44. The number of amides is 1. The Balaban J connectivity index is 1.62. The second kappa shape index (κ2) is 9.13. The molecular weight excluding hydrogens is 385 g/mol. The number of carbonyl (C=O) groups excluding carboxylic acids is 3. The van der Waals surface area contributed by atoms with Gasteiger partial charge in [-0.25, -0.2) is 4.39 Å². The number of hydrogen-bond donors (Lipinski definition) is 1. The lowest BCUT2D eigenvalue weighted by Gasteiger charge is -2.15. The average Bonchev–Trinajstić information content (AvgIpc) is 2.74. The molecule has 0 fully saturated rings. The Morgan fingerprint density at radius 2 is 1.47 bits per heavy atom. The molecule has 6 heteroatoms. The van der Waals surface area contributed by atoms with Crippen LogP contribution in [0.3, 0.4) is 0 Å². The van der Waals surface area contributed by atoms with Crippen LogP contribution in [-0.4, -0.2) is 23.6 Å². The summed E-state index contributed by atoms with van der Waals surface area (Å²) in [5.41, 5.74) is 1.81. The van der Waals surface area contributed by atoms with Crippen LogP contribution in [0.15, 0.2) is 72.8 Å². The standard InChI is InChI=1S/C24H20FNO4/c1-15(27)19-4-3-5-21(14-19)26-24(29)16(2)30-22-12-8-18(9-13-22)23(28)17-6-10-20(25)11-7-17/h3-14,16H,1-2H3,(H,26,29)/t16-/m1/s1. The molecule has 0 aliphatic heterocycles. The molecule has 0 heterocycles. The Labute approximate surface area is 173 Å². The summed E-state index contributed by atoms with van der Waals surface area (Å²) in [4.78, 5) is 36.3. The van der Waals surface area contributed by atoms with Gasteiger partial charge < -0.3 is 10.1 Å². The zero-order chi connectivity index (χ0) is 21.7. The summed E-state index contributed by atoms with van der Waals surface area (Å²) in [5.74, 6) is -0.688. The molecule has 0 aromatic heterocycles. The molecule has 30 heavy (non-hydrogen) atoms. The molecule has 0 bridgehead atoms. The van der Waals surface area contributed by atoms with Crippen LogP contribution in [0.2, 0.25) is 0 Å². The van der Waals surface area contributed by atoms with E-state index in [-0.39, 0.29) is 17.5 Å². The van der Waals surface area contributed by atoms with Crippen LogP contribution < -0.4 is 10.1 Å². The van der Waals surface area contributed by atoms with Gasteiger partial charge in [-0.05, 0) is 74.5 Å². The Bertz CT molecular complexity index is 1080. The molecule has 0 spiro atoms. The molecule has 1 amide bonds. The lowest BCUT2D eigenvalue weighted by molar-refractivity contribution is -0.122. The molecule has 1 N–H and O–H groups in total. The van der Waals surface area contributed by atoms with Gasteiger partial charge in [0.25, 0.3) is 5.91 Å². The van der Waals surface area contributed by atoms with Gasteiger partial charge in [-0.3, -0.25) is 14.4 Å². The van der Waals surface area contributed by atoms with E-state index in [2.05, 4.69) is 5.32 Å². The number of rotatable bonds is 7. The predicted molar refractivity (Wildman–Crippen MR) is 111 cm³/mol. The maximum atomic E-state index is 13.0. The largest absolute Gasteiger partial charge is 0.481 e. The van der Waals surface area contributed by atoms with Crippen LogP contribution in [0.5, 0.6) is 5.75 Å². The van der Waals surface area contributed by atoms with E-state index in [0.29, 0.717) is 28.1 Å². The molecule has 3 aromatic carbocycles. The highest BCUT2D eigenvalue weighted by Crippen LogP contribution is 2.18. The van der Waals surface area contributed by atoms with E-state index in [1.54, 1.807) is 55.5 Å². The summed E-state index contributed by atoms with van der Waals surface area (Å²) in [6.45, 7) is 3.05. The van der Waals surface area contributed by atoms with Gasteiger partial charge in [0, 0.05) is 22.4 Å². The molecule has 152 valence electrons. The van der Waals surface area contributed by atoms with Gasteiger partial charge >= 0.3 is 0 Å². The van der Waals surface area contributed by atoms with Crippen molar-refractivity contribution < 1.29 is 23.5 Å². The van der Waals surface area contributed by atoms with Crippen molar-refractivity contribution in [1.82, 2.24) is 0 Å². The summed E-state index contributed by atoms with van der Waals surface area (Å²) in [7, 11) is 0. The number of hydrogen-bond acceptors (Lipinski definition) is 4. The smallest absolute Gasteiger partial charge is 0.265 e. The molecule has 5 nitrogen and oxygen atoms in total. The minimum atomic E-state index is -0.801. The summed E-state index contributed by atoms with van der Waals surface area (Å²) < 4.78 is 18.7. The van der Waals surface area contributed by atoms with E-state index >= 15 is 0 Å². The summed E-state index contributed by atoms with van der Waals surface area (Å²) >= 11 is 0. The van der Waals surface area contributed by atoms with E-state index in [1.807, 2.05) is 0 Å². The third-order valence-electron chi connectivity index (χ3n) is 4.44. The normalized spacial score (nSPS) is 11.4. The zero-order valence-electron chi connectivity index (χ0n) is 16.5. The Morgan fingerprint density at radius 3 is 2.07 bits per heavy atom. The van der Waals surface area contributed by atoms with E-state index in [0.717, 1.165) is 0 Å². The lowest BCUT2D eigenvalue weighted by Crippen LogP contribution is -2.30. The second-order valence-corrected chi connectivity index (χ2v) is 6.75. The molecule has 0 saturated carbocycles. The molecule has 0 saturated heterocycles. The van der Waals surface area contributed by atoms with E-state index in [4.69, 9.17) is 4.74 Å². The van der Waals surface area contributed by atoms with Gasteiger partial charge in [-0.15, -0.1) is 0 Å². The number of Topliss-reactive ketones (excluding diaryl/α,β-unsaturated/α-hetero) is 1. The number of benzene rings is 3. The number of ketones is 2. The highest BCUT2D eigenvalue weighted by Gasteiger charge is 2.16. The first kappa shape index (κ1) is 20.9. The number of halogens is 1. The topological polar surface area (TPSA) is 72.5 Å². The van der Waals surface area contributed by atoms with Gasteiger partial charge in [0.1, 0.15) is 11.6 Å². The van der Waals surface area contributed by atoms with Crippen molar-refractivity contribution in [3.8, 4) is 5.75 Å². The Hall–Kier alpha value is -3.80. The van der Waals surface area contributed by atoms with Gasteiger partial charge in [-0.2, -0.15) is 0 Å². The Kier molecular flexibility index (Phi) is 6.37. The van der Waals surface area contributed by atoms with E-state index in [9.17, 15) is 18.8 Å². The highest BCUT2D eigenvalue weighted by atomic mass is 19.1. The summed E-state index contributed by atoms with van der Waals surface area (Å²) in [6, 6.07) is 18.3. The monoisotopic (exact) mass is 405 g/mol. The first-order valence-corrected chi connectivity index (χ1v) is 9.32. The summed E-state index contributed by atoms with van der Waals surface area (Å²) in [6.07, 6.45) is -0.801. The minimum absolute atomic E-state index is 0.0920.